The van der Waals surface area contributed by atoms with Gasteiger partial charge in [0, 0.05) is 20.0 Å². The smallest absolute Gasteiger partial charge is 0.269 e. The van der Waals surface area contributed by atoms with Crippen molar-refractivity contribution in [2.45, 2.75) is 19.4 Å². The van der Waals surface area contributed by atoms with Gasteiger partial charge in [0.25, 0.3) is 5.91 Å². The highest BCUT2D eigenvalue weighted by molar-refractivity contribution is 6.40. The topological polar surface area (TPSA) is 64.9 Å². The molecule has 1 saturated heterocycles. The number of carbonyl (C=O) groups is 1. The van der Waals surface area contributed by atoms with Crippen LogP contribution in [0, 0.1) is 0 Å². The fourth-order valence-electron chi connectivity index (χ4n) is 1.04. The lowest BCUT2D eigenvalue weighted by Crippen LogP contribution is -2.28. The zero-order valence-electron chi connectivity index (χ0n) is 7.95. The van der Waals surface area contributed by atoms with Crippen molar-refractivity contribution in [2.75, 3.05) is 20.2 Å². The molecule has 0 aromatic heterocycles. The summed E-state index contributed by atoms with van der Waals surface area (Å²) in [5, 5.41) is 12.6. The van der Waals surface area contributed by atoms with Gasteiger partial charge in [-0.05, 0) is 6.92 Å². The highest BCUT2D eigenvalue weighted by Gasteiger charge is 2.24. The van der Waals surface area contributed by atoms with Crippen molar-refractivity contribution in [3.8, 4) is 0 Å². The summed E-state index contributed by atoms with van der Waals surface area (Å²) in [4.78, 5) is 12.9. The minimum absolute atomic E-state index is 0.0147. The Morgan fingerprint density at radius 2 is 2.46 bits per heavy atom. The van der Waals surface area contributed by atoms with Crippen LogP contribution in [0.3, 0.4) is 0 Å². The fourth-order valence-corrected chi connectivity index (χ4v) is 1.04. The summed E-state index contributed by atoms with van der Waals surface area (Å²) in [7, 11) is 1.75. The monoisotopic (exact) mass is 185 g/mol. The van der Waals surface area contributed by atoms with E-state index in [1.807, 2.05) is 0 Å². The van der Waals surface area contributed by atoms with Crippen LogP contribution >= 0.6 is 0 Å². The average Bonchev–Trinajstić information content (AvgIpc) is 2.44. The Bertz CT molecular complexity index is 227. The Morgan fingerprint density at radius 3 is 2.92 bits per heavy atom. The standard InChI is InChI=1S/C8H15N3O2/c1-6(5-12)9-10-7-3-4-11(2)8(7)13/h6,9,12H,3-5H2,1-2H3/b10-7-. The normalized spacial score (nSPS) is 22.5. The molecule has 13 heavy (non-hydrogen) atoms. The number of nitrogens with one attached hydrogen (secondary N) is 1. The number of aliphatic hydroxyl groups is 1. The Labute approximate surface area is 77.4 Å². The molecule has 2 N–H and O–H groups in total. The number of hydrogen-bond acceptors (Lipinski definition) is 4. The largest absolute Gasteiger partial charge is 0.394 e. The van der Waals surface area contributed by atoms with Crippen LogP contribution < -0.4 is 5.43 Å². The highest BCUT2D eigenvalue weighted by atomic mass is 16.3. The molecular weight excluding hydrogens is 170 g/mol. The first-order valence-corrected chi connectivity index (χ1v) is 4.33. The van der Waals surface area contributed by atoms with Gasteiger partial charge < -0.3 is 15.4 Å². The van der Waals surface area contributed by atoms with E-state index in [9.17, 15) is 4.79 Å². The molecule has 0 bridgehead atoms. The van der Waals surface area contributed by atoms with Gasteiger partial charge >= 0.3 is 0 Å². The maximum absolute atomic E-state index is 11.3. The molecule has 0 aromatic carbocycles. The average molecular weight is 185 g/mol. The summed E-state index contributed by atoms with van der Waals surface area (Å²) in [5.41, 5.74) is 3.26. The van der Waals surface area contributed by atoms with E-state index in [0.717, 1.165) is 6.54 Å². The van der Waals surface area contributed by atoms with Crippen molar-refractivity contribution >= 4 is 11.6 Å². The molecule has 1 aliphatic rings. The third kappa shape index (κ3) is 2.42. The van der Waals surface area contributed by atoms with Gasteiger partial charge in [-0.3, -0.25) is 4.79 Å². The van der Waals surface area contributed by atoms with Crippen LogP contribution in [-0.2, 0) is 4.79 Å². The van der Waals surface area contributed by atoms with Crippen LogP contribution in [0.1, 0.15) is 13.3 Å². The first-order valence-electron chi connectivity index (χ1n) is 4.33. The molecule has 5 heteroatoms. The number of hydrazone groups is 1. The van der Waals surface area contributed by atoms with Crippen molar-refractivity contribution in [3.05, 3.63) is 0 Å². The maximum atomic E-state index is 11.3. The summed E-state index contributed by atoms with van der Waals surface area (Å²) in [5.74, 6) is -0.0300. The molecule has 0 radical (unpaired) electrons. The molecule has 74 valence electrons. The minimum atomic E-state index is -0.105. The van der Waals surface area contributed by atoms with Crippen LogP contribution in [0.15, 0.2) is 5.10 Å². The summed E-state index contributed by atoms with van der Waals surface area (Å²) in [6.45, 7) is 2.54. The highest BCUT2D eigenvalue weighted by Crippen LogP contribution is 2.04. The molecule has 1 heterocycles. The molecule has 1 atom stereocenters. The second-order valence-corrected chi connectivity index (χ2v) is 3.25. The van der Waals surface area contributed by atoms with Crippen LogP contribution in [0.5, 0.6) is 0 Å². The second-order valence-electron chi connectivity index (χ2n) is 3.25. The SMILES string of the molecule is CC(CO)N/N=C1/CCN(C)C1=O. The number of hydrogen-bond donors (Lipinski definition) is 2. The number of nitrogens with zero attached hydrogens (tertiary/aromatic N) is 2. The summed E-state index contributed by atoms with van der Waals surface area (Å²) >= 11 is 0. The number of rotatable bonds is 3. The van der Waals surface area contributed by atoms with Crippen molar-refractivity contribution in [3.63, 3.8) is 0 Å². The van der Waals surface area contributed by atoms with Crippen molar-refractivity contribution in [2.24, 2.45) is 5.10 Å². The quantitative estimate of drug-likeness (QED) is 0.564. The lowest BCUT2D eigenvalue weighted by atomic mass is 10.3. The Balaban J connectivity index is 2.48. The van der Waals surface area contributed by atoms with Crippen molar-refractivity contribution in [1.82, 2.24) is 10.3 Å². The molecule has 0 aromatic rings. The molecule has 1 amide bonds. The van der Waals surface area contributed by atoms with Crippen LogP contribution in [0.2, 0.25) is 0 Å². The Kier molecular flexibility index (Phi) is 3.25. The van der Waals surface area contributed by atoms with Crippen LogP contribution in [0.4, 0.5) is 0 Å². The summed E-state index contributed by atoms with van der Waals surface area (Å²) < 4.78 is 0. The molecule has 5 nitrogen and oxygen atoms in total. The predicted molar refractivity (Wildman–Crippen MR) is 49.4 cm³/mol. The fraction of sp³-hybridized carbons (Fsp3) is 0.750. The molecule has 1 rings (SSSR count). The molecule has 0 aliphatic carbocycles. The number of amides is 1. The van der Waals surface area contributed by atoms with E-state index in [0.29, 0.717) is 12.1 Å². The second kappa shape index (κ2) is 4.23. The van der Waals surface area contributed by atoms with Gasteiger partial charge in [0.2, 0.25) is 0 Å². The molecule has 1 aliphatic heterocycles. The van der Waals surface area contributed by atoms with Gasteiger partial charge in [-0.15, -0.1) is 0 Å². The predicted octanol–water partition coefficient (Wildman–Crippen LogP) is -0.825. The maximum Gasteiger partial charge on any atom is 0.269 e. The van der Waals surface area contributed by atoms with Gasteiger partial charge in [-0.1, -0.05) is 0 Å². The molecular formula is C8H15N3O2. The summed E-state index contributed by atoms with van der Waals surface area (Å²) in [6.07, 6.45) is 0.681. The number of likely N-dealkylation sites (tertiary alicyclic amines) is 1. The first kappa shape index (κ1) is 9.98. The van der Waals surface area contributed by atoms with E-state index in [2.05, 4.69) is 10.5 Å². The lowest BCUT2D eigenvalue weighted by molar-refractivity contribution is -0.121. The third-order valence-corrected chi connectivity index (χ3v) is 1.97. The van der Waals surface area contributed by atoms with Gasteiger partial charge in [0.05, 0.1) is 12.6 Å². The first-order chi connectivity index (χ1) is 6.15. The van der Waals surface area contributed by atoms with E-state index in [4.69, 9.17) is 5.11 Å². The molecule has 1 unspecified atom stereocenters. The number of aliphatic hydroxyl groups excluding tert-OH is 1. The molecule has 1 fully saturated rings. The van der Waals surface area contributed by atoms with Crippen molar-refractivity contribution < 1.29 is 9.90 Å². The van der Waals surface area contributed by atoms with E-state index < -0.39 is 0 Å². The molecule has 0 spiro atoms. The van der Waals surface area contributed by atoms with E-state index in [-0.39, 0.29) is 18.6 Å². The minimum Gasteiger partial charge on any atom is -0.394 e. The van der Waals surface area contributed by atoms with Crippen LogP contribution in [-0.4, -0.2) is 47.9 Å². The Hall–Kier alpha value is -1.10. The van der Waals surface area contributed by atoms with Crippen LogP contribution in [0.25, 0.3) is 0 Å². The van der Waals surface area contributed by atoms with E-state index in [1.165, 1.54) is 0 Å². The third-order valence-electron chi connectivity index (χ3n) is 1.97. The van der Waals surface area contributed by atoms with Gasteiger partial charge in [-0.2, -0.15) is 5.10 Å². The summed E-state index contributed by atoms with van der Waals surface area (Å²) in [6, 6.07) is -0.105. The van der Waals surface area contributed by atoms with Gasteiger partial charge in [-0.25, -0.2) is 0 Å². The Morgan fingerprint density at radius 1 is 1.77 bits per heavy atom. The van der Waals surface area contributed by atoms with Crippen molar-refractivity contribution in [1.29, 1.82) is 0 Å². The van der Waals surface area contributed by atoms with E-state index in [1.54, 1.807) is 18.9 Å². The zero-order valence-corrected chi connectivity index (χ0v) is 7.95. The van der Waals surface area contributed by atoms with E-state index >= 15 is 0 Å². The number of carbonyl (C=O) groups excluding carboxylic acids is 1. The van der Waals surface area contributed by atoms with Gasteiger partial charge in [0.15, 0.2) is 0 Å². The lowest BCUT2D eigenvalue weighted by Gasteiger charge is -2.07. The molecule has 0 saturated carbocycles. The zero-order chi connectivity index (χ0) is 9.84. The van der Waals surface area contributed by atoms with Gasteiger partial charge in [0.1, 0.15) is 5.71 Å².